The van der Waals surface area contributed by atoms with E-state index < -0.39 is 10.0 Å². The lowest BCUT2D eigenvalue weighted by molar-refractivity contribution is 0.180. The number of para-hydroxylation sites is 3. The average Bonchev–Trinajstić information content (AvgIpc) is 3.36. The second-order valence-corrected chi connectivity index (χ2v) is 12.8. The summed E-state index contributed by atoms with van der Waals surface area (Å²) >= 11 is 0. The van der Waals surface area contributed by atoms with Crippen LogP contribution < -0.4 is 15.7 Å². The number of nitrogens with one attached hydrogen (secondary N) is 1. The van der Waals surface area contributed by atoms with Crippen LogP contribution in [0.15, 0.2) is 112 Å². The van der Waals surface area contributed by atoms with Crippen LogP contribution in [0.4, 0.5) is 11.4 Å². The third-order valence-electron chi connectivity index (χ3n) is 8.42. The van der Waals surface area contributed by atoms with Crippen molar-refractivity contribution in [2.24, 2.45) is 10.1 Å². The van der Waals surface area contributed by atoms with E-state index in [1.807, 2.05) is 59.2 Å². The average molecular weight is 593 g/mol. The highest BCUT2D eigenvalue weighted by molar-refractivity contribution is 7.89. The van der Waals surface area contributed by atoms with E-state index in [4.69, 9.17) is 10.1 Å². The van der Waals surface area contributed by atoms with Gasteiger partial charge in [-0.2, -0.15) is 0 Å². The van der Waals surface area contributed by atoms with Gasteiger partial charge in [-0.25, -0.2) is 23.3 Å². The Balaban J connectivity index is 1.09. The maximum Gasteiger partial charge on any atom is 0.326 e. The third kappa shape index (κ3) is 5.40. The first-order chi connectivity index (χ1) is 20.8. The van der Waals surface area contributed by atoms with Crippen LogP contribution in [0.3, 0.4) is 0 Å². The first-order valence-corrected chi connectivity index (χ1v) is 16.0. The number of nitrogens with zero attached hydrogens (tertiary/aromatic N) is 4. The van der Waals surface area contributed by atoms with Crippen molar-refractivity contribution in [3.05, 3.63) is 124 Å². The molecule has 0 atom stereocenters. The smallest absolute Gasteiger partial charge is 0.321 e. The summed E-state index contributed by atoms with van der Waals surface area (Å²) in [5.41, 5.74) is 6.53. The number of hydrogen-bond acceptors (Lipinski definition) is 6. The minimum Gasteiger partial charge on any atom is -0.321 e. The molecule has 4 aromatic carbocycles. The van der Waals surface area contributed by atoms with Gasteiger partial charge >= 0.3 is 5.69 Å². The number of amidine groups is 1. The molecule has 3 N–H and O–H groups in total. The van der Waals surface area contributed by atoms with Gasteiger partial charge in [-0.1, -0.05) is 54.6 Å². The van der Waals surface area contributed by atoms with Gasteiger partial charge in [0, 0.05) is 36.9 Å². The largest absolute Gasteiger partial charge is 0.326 e. The number of nitrogens with two attached hydrogens (primary N) is 1. The molecule has 0 saturated carbocycles. The number of likely N-dealkylation sites (tertiary alicyclic amines) is 1. The summed E-state index contributed by atoms with van der Waals surface area (Å²) in [4.78, 5) is 25.2. The summed E-state index contributed by atoms with van der Waals surface area (Å²) in [6.07, 6.45) is 1.85. The first kappa shape index (κ1) is 27.3. The van der Waals surface area contributed by atoms with Crippen LogP contribution in [0.5, 0.6) is 0 Å². The summed E-state index contributed by atoms with van der Waals surface area (Å²) in [5.74, 6) is 0.804. The van der Waals surface area contributed by atoms with Gasteiger partial charge in [-0.3, -0.25) is 9.47 Å². The molecule has 0 spiro atoms. The monoisotopic (exact) mass is 592 g/mol. The number of fused-ring (bicyclic) bond motifs is 2. The lowest BCUT2D eigenvalue weighted by atomic mass is 10.0. The van der Waals surface area contributed by atoms with Crippen molar-refractivity contribution in [2.75, 3.05) is 18.0 Å². The van der Waals surface area contributed by atoms with E-state index in [1.54, 1.807) is 12.1 Å². The molecule has 10 heteroatoms. The first-order valence-electron chi connectivity index (χ1n) is 14.4. The van der Waals surface area contributed by atoms with Crippen LogP contribution in [0.2, 0.25) is 0 Å². The molecule has 1 saturated heterocycles. The Morgan fingerprint density at radius 3 is 2.35 bits per heavy atom. The number of H-pyrrole nitrogens is 1. The summed E-state index contributed by atoms with van der Waals surface area (Å²) in [6.45, 7) is 3.15. The standard InChI is InChI=1S/C33H32N6O3S/c34-43(41,42)28-14-15-29-25(20-28)22-38(26-6-2-1-3-7-26)32(35-29)24-12-10-23(11-13-24)21-37-18-16-27(17-19-37)39-31-9-5-4-8-30(31)36-33(39)40/h1-15,20,27H,16-19,21-22H2,(H,36,40)(H2,34,41,42). The number of aliphatic imine (C=N–C) groups is 1. The molecule has 2 aliphatic heterocycles. The van der Waals surface area contributed by atoms with Crippen LogP contribution >= 0.6 is 0 Å². The second-order valence-electron chi connectivity index (χ2n) is 11.2. The number of piperidine rings is 1. The van der Waals surface area contributed by atoms with E-state index in [1.165, 1.54) is 11.6 Å². The predicted octanol–water partition coefficient (Wildman–Crippen LogP) is 4.91. The van der Waals surface area contributed by atoms with Crippen molar-refractivity contribution in [1.29, 1.82) is 0 Å². The number of benzene rings is 4. The number of rotatable bonds is 6. The van der Waals surface area contributed by atoms with Crippen molar-refractivity contribution in [2.45, 2.75) is 36.9 Å². The molecular weight excluding hydrogens is 560 g/mol. The number of hydrogen-bond donors (Lipinski definition) is 2. The van der Waals surface area contributed by atoms with Gasteiger partial charge in [0.25, 0.3) is 0 Å². The van der Waals surface area contributed by atoms with Crippen molar-refractivity contribution in [1.82, 2.24) is 14.5 Å². The maximum atomic E-state index is 12.7. The van der Waals surface area contributed by atoms with Crippen molar-refractivity contribution >= 4 is 38.3 Å². The number of imidazole rings is 1. The van der Waals surface area contributed by atoms with Crippen LogP contribution in [-0.2, 0) is 23.1 Å². The number of primary sulfonamides is 1. The fourth-order valence-electron chi connectivity index (χ4n) is 6.23. The quantitative estimate of drug-likeness (QED) is 0.291. The molecule has 1 fully saturated rings. The van der Waals surface area contributed by atoms with Gasteiger partial charge in [0.2, 0.25) is 10.0 Å². The van der Waals surface area contributed by atoms with Gasteiger partial charge in [-0.15, -0.1) is 0 Å². The van der Waals surface area contributed by atoms with Gasteiger partial charge in [-0.05, 0) is 66.4 Å². The summed E-state index contributed by atoms with van der Waals surface area (Å²) < 4.78 is 25.9. The van der Waals surface area contributed by atoms with Crippen molar-refractivity contribution in [3.63, 3.8) is 0 Å². The minimum atomic E-state index is -3.81. The van der Waals surface area contributed by atoms with Crippen molar-refractivity contribution in [3.8, 4) is 0 Å². The van der Waals surface area contributed by atoms with Crippen LogP contribution in [-0.4, -0.2) is 41.8 Å². The minimum absolute atomic E-state index is 0.0297. The summed E-state index contributed by atoms with van der Waals surface area (Å²) in [6, 6.07) is 31.4. The van der Waals surface area contributed by atoms with E-state index in [0.29, 0.717) is 6.54 Å². The molecule has 2 aliphatic rings. The van der Waals surface area contributed by atoms with E-state index in [-0.39, 0.29) is 16.6 Å². The highest BCUT2D eigenvalue weighted by Crippen LogP contribution is 2.33. The molecule has 1 aromatic heterocycles. The molecule has 3 heterocycles. The van der Waals surface area contributed by atoms with Gasteiger partial charge in [0.15, 0.2) is 0 Å². The Kier molecular flexibility index (Phi) is 6.97. The molecule has 0 unspecified atom stereocenters. The summed E-state index contributed by atoms with van der Waals surface area (Å²) in [5, 5.41) is 5.39. The maximum absolute atomic E-state index is 12.7. The zero-order chi connectivity index (χ0) is 29.6. The molecule has 9 nitrogen and oxygen atoms in total. The summed E-state index contributed by atoms with van der Waals surface area (Å²) in [7, 11) is -3.81. The zero-order valence-electron chi connectivity index (χ0n) is 23.6. The lowest BCUT2D eigenvalue weighted by Gasteiger charge is -2.33. The molecule has 218 valence electrons. The van der Waals surface area contributed by atoms with Gasteiger partial charge in [0.1, 0.15) is 5.84 Å². The van der Waals surface area contributed by atoms with Crippen LogP contribution in [0.25, 0.3) is 11.0 Å². The normalized spacial score (nSPS) is 16.3. The Labute approximate surface area is 250 Å². The van der Waals surface area contributed by atoms with E-state index in [0.717, 1.165) is 71.8 Å². The number of anilines is 1. The van der Waals surface area contributed by atoms with Crippen LogP contribution in [0.1, 0.15) is 35.6 Å². The Bertz CT molecular complexity index is 1990. The molecule has 43 heavy (non-hydrogen) atoms. The Morgan fingerprint density at radius 2 is 1.60 bits per heavy atom. The van der Waals surface area contributed by atoms with Crippen molar-refractivity contribution < 1.29 is 8.42 Å². The molecule has 5 aromatic rings. The molecule has 0 bridgehead atoms. The number of sulfonamides is 1. The topological polar surface area (TPSA) is 117 Å². The highest BCUT2D eigenvalue weighted by Gasteiger charge is 2.26. The Hall–Kier alpha value is -4.51. The predicted molar refractivity (Wildman–Crippen MR) is 169 cm³/mol. The lowest BCUT2D eigenvalue weighted by Crippen LogP contribution is -2.36. The highest BCUT2D eigenvalue weighted by atomic mass is 32.2. The second kappa shape index (κ2) is 11.0. The zero-order valence-corrected chi connectivity index (χ0v) is 24.4. The van der Waals surface area contributed by atoms with E-state index >= 15 is 0 Å². The molecule has 0 radical (unpaired) electrons. The number of aromatic nitrogens is 2. The fourth-order valence-corrected chi connectivity index (χ4v) is 6.79. The SMILES string of the molecule is NS(=O)(=O)c1ccc2c(c1)CN(c1ccccc1)C(c1ccc(CN3CCC(n4c(=O)[nH]c5ccccc54)CC3)cc1)=N2. The molecule has 0 amide bonds. The van der Waals surface area contributed by atoms with Crippen LogP contribution in [0, 0.1) is 0 Å². The number of aromatic amines is 1. The van der Waals surface area contributed by atoms with Gasteiger partial charge in [0.05, 0.1) is 28.2 Å². The van der Waals surface area contributed by atoms with E-state index in [2.05, 4.69) is 39.0 Å². The third-order valence-corrected chi connectivity index (χ3v) is 9.33. The van der Waals surface area contributed by atoms with Gasteiger partial charge < -0.3 is 9.88 Å². The fraction of sp³-hybridized carbons (Fsp3) is 0.212. The Morgan fingerprint density at radius 1 is 0.884 bits per heavy atom. The van der Waals surface area contributed by atoms with E-state index in [9.17, 15) is 13.2 Å². The molecule has 7 rings (SSSR count). The molecule has 0 aliphatic carbocycles. The molecular formula is C33H32N6O3S.